The molecule has 0 saturated carbocycles. The van der Waals surface area contributed by atoms with Crippen LogP contribution < -0.4 is 10.2 Å². The average molecular weight is 285 g/mol. The first kappa shape index (κ1) is 14.6. The number of halogens is 1. The van der Waals surface area contributed by atoms with Gasteiger partial charge in [0.2, 0.25) is 0 Å². The van der Waals surface area contributed by atoms with Crippen molar-refractivity contribution in [1.29, 1.82) is 0 Å². The molecule has 0 amide bonds. The highest BCUT2D eigenvalue weighted by molar-refractivity contribution is 6.30. The number of nitrogens with zero attached hydrogens (tertiary/aromatic N) is 1. The summed E-state index contributed by atoms with van der Waals surface area (Å²) < 4.78 is 0. The summed E-state index contributed by atoms with van der Waals surface area (Å²) in [7, 11) is 0. The quantitative estimate of drug-likeness (QED) is 0.782. The molecule has 0 bridgehead atoms. The number of β-amino-alcohol motifs (C(OH)–C–C–N with tert-alkyl or cyclic N) is 2. The van der Waals surface area contributed by atoms with Gasteiger partial charge in [0.1, 0.15) is 0 Å². The van der Waals surface area contributed by atoms with Crippen LogP contribution in [0.5, 0.6) is 0 Å². The van der Waals surface area contributed by atoms with E-state index >= 15 is 0 Å². The van der Waals surface area contributed by atoms with E-state index in [1.54, 1.807) is 0 Å². The second-order valence-electron chi connectivity index (χ2n) is 5.35. The molecule has 0 aliphatic carbocycles. The number of rotatable bonds is 4. The molecule has 106 valence electrons. The third-order valence-corrected chi connectivity index (χ3v) is 3.58. The van der Waals surface area contributed by atoms with E-state index in [1.165, 1.54) is 0 Å². The van der Waals surface area contributed by atoms with E-state index in [9.17, 15) is 10.2 Å². The Hall–Kier alpha value is -0.810. The van der Waals surface area contributed by atoms with Crippen molar-refractivity contribution in [1.82, 2.24) is 5.32 Å². The SMILES string of the molecule is CC(C)NCc1ccc(Cl)cc1N1CC(O)C(O)C1. The molecular weight excluding hydrogens is 264 g/mol. The summed E-state index contributed by atoms with van der Waals surface area (Å²) in [6.45, 7) is 5.82. The minimum absolute atomic E-state index is 0.401. The van der Waals surface area contributed by atoms with E-state index < -0.39 is 12.2 Å². The molecule has 1 aliphatic heterocycles. The Bertz CT molecular complexity index is 429. The molecular formula is C14H21ClN2O2. The van der Waals surface area contributed by atoms with Crippen molar-refractivity contribution in [2.24, 2.45) is 0 Å². The van der Waals surface area contributed by atoms with Crippen molar-refractivity contribution >= 4 is 17.3 Å². The molecule has 1 aromatic carbocycles. The molecule has 1 heterocycles. The Labute approximate surface area is 119 Å². The van der Waals surface area contributed by atoms with Gasteiger partial charge >= 0.3 is 0 Å². The molecule has 2 atom stereocenters. The first-order chi connectivity index (χ1) is 8.97. The normalized spacial score (nSPS) is 23.4. The summed E-state index contributed by atoms with van der Waals surface area (Å²) >= 11 is 6.06. The van der Waals surface area contributed by atoms with Gasteiger partial charge in [-0.3, -0.25) is 0 Å². The minimum atomic E-state index is -0.690. The van der Waals surface area contributed by atoms with Crippen molar-refractivity contribution in [3.8, 4) is 0 Å². The number of nitrogens with one attached hydrogen (secondary N) is 1. The maximum Gasteiger partial charge on any atom is 0.0990 e. The number of benzene rings is 1. The molecule has 0 spiro atoms. The van der Waals surface area contributed by atoms with E-state index in [0.29, 0.717) is 24.2 Å². The molecule has 2 unspecified atom stereocenters. The average Bonchev–Trinajstić information content (AvgIpc) is 2.68. The van der Waals surface area contributed by atoms with Crippen LogP contribution in [0, 0.1) is 0 Å². The fraction of sp³-hybridized carbons (Fsp3) is 0.571. The maximum absolute atomic E-state index is 9.67. The highest BCUT2D eigenvalue weighted by Crippen LogP contribution is 2.28. The van der Waals surface area contributed by atoms with Crippen LogP contribution in [0.3, 0.4) is 0 Å². The molecule has 1 saturated heterocycles. The second-order valence-corrected chi connectivity index (χ2v) is 5.78. The summed E-state index contributed by atoms with van der Waals surface area (Å²) in [5.74, 6) is 0. The zero-order valence-electron chi connectivity index (χ0n) is 11.3. The van der Waals surface area contributed by atoms with Gasteiger partial charge in [0.05, 0.1) is 12.2 Å². The molecule has 4 nitrogen and oxygen atoms in total. The Kier molecular flexibility index (Phi) is 4.68. The van der Waals surface area contributed by atoms with Crippen LogP contribution >= 0.6 is 11.6 Å². The summed E-state index contributed by atoms with van der Waals surface area (Å²) in [6.07, 6.45) is -1.38. The summed E-state index contributed by atoms with van der Waals surface area (Å²) in [5, 5.41) is 23.4. The van der Waals surface area contributed by atoms with E-state index in [1.807, 2.05) is 23.1 Å². The van der Waals surface area contributed by atoms with Gasteiger partial charge in [0, 0.05) is 36.4 Å². The molecule has 2 rings (SSSR count). The Morgan fingerprint density at radius 2 is 1.95 bits per heavy atom. The summed E-state index contributed by atoms with van der Waals surface area (Å²) in [6, 6.07) is 6.15. The highest BCUT2D eigenvalue weighted by Gasteiger charge is 2.30. The van der Waals surface area contributed by atoms with Gasteiger partial charge in [-0.25, -0.2) is 0 Å². The molecule has 0 radical (unpaired) electrons. The second kappa shape index (κ2) is 6.09. The smallest absolute Gasteiger partial charge is 0.0990 e. The monoisotopic (exact) mass is 284 g/mol. The number of hydrogen-bond acceptors (Lipinski definition) is 4. The standard InChI is InChI=1S/C14H21ClN2O2/c1-9(2)16-6-10-3-4-11(15)5-12(10)17-7-13(18)14(19)8-17/h3-5,9,13-14,16,18-19H,6-8H2,1-2H3. The fourth-order valence-electron chi connectivity index (χ4n) is 2.26. The maximum atomic E-state index is 9.67. The number of hydrogen-bond donors (Lipinski definition) is 3. The largest absolute Gasteiger partial charge is 0.389 e. The lowest BCUT2D eigenvalue weighted by Gasteiger charge is -2.22. The van der Waals surface area contributed by atoms with Crippen molar-refractivity contribution in [3.63, 3.8) is 0 Å². The number of aliphatic hydroxyl groups excluding tert-OH is 2. The lowest BCUT2D eigenvalue weighted by Crippen LogP contribution is -2.26. The molecule has 0 aromatic heterocycles. The van der Waals surface area contributed by atoms with Gasteiger partial charge in [-0.1, -0.05) is 31.5 Å². The number of anilines is 1. The van der Waals surface area contributed by atoms with Gasteiger partial charge in [-0.05, 0) is 17.7 Å². The van der Waals surface area contributed by atoms with Crippen LogP contribution in [-0.2, 0) is 6.54 Å². The highest BCUT2D eigenvalue weighted by atomic mass is 35.5. The predicted molar refractivity (Wildman–Crippen MR) is 77.7 cm³/mol. The Morgan fingerprint density at radius 3 is 2.53 bits per heavy atom. The van der Waals surface area contributed by atoms with Gasteiger partial charge in [-0.15, -0.1) is 0 Å². The third kappa shape index (κ3) is 3.60. The fourth-order valence-corrected chi connectivity index (χ4v) is 2.43. The molecule has 1 fully saturated rings. The lowest BCUT2D eigenvalue weighted by atomic mass is 10.1. The van der Waals surface area contributed by atoms with Crippen molar-refractivity contribution in [2.45, 2.75) is 38.6 Å². The number of aliphatic hydroxyl groups is 2. The molecule has 3 N–H and O–H groups in total. The van der Waals surface area contributed by atoms with Crippen LogP contribution in [0.25, 0.3) is 0 Å². The van der Waals surface area contributed by atoms with Crippen LogP contribution in [-0.4, -0.2) is 41.6 Å². The summed E-state index contributed by atoms with van der Waals surface area (Å²) in [5.41, 5.74) is 2.11. The van der Waals surface area contributed by atoms with Crippen molar-refractivity contribution < 1.29 is 10.2 Å². The van der Waals surface area contributed by atoms with Crippen LogP contribution in [0.1, 0.15) is 19.4 Å². The van der Waals surface area contributed by atoms with Crippen LogP contribution in [0.2, 0.25) is 5.02 Å². The van der Waals surface area contributed by atoms with Crippen LogP contribution in [0.15, 0.2) is 18.2 Å². The first-order valence-electron chi connectivity index (χ1n) is 6.60. The summed E-state index contributed by atoms with van der Waals surface area (Å²) in [4.78, 5) is 1.98. The van der Waals surface area contributed by atoms with Gasteiger partial charge in [0.15, 0.2) is 0 Å². The molecule has 19 heavy (non-hydrogen) atoms. The van der Waals surface area contributed by atoms with E-state index in [-0.39, 0.29) is 0 Å². The topological polar surface area (TPSA) is 55.7 Å². The van der Waals surface area contributed by atoms with Crippen LogP contribution in [0.4, 0.5) is 5.69 Å². The lowest BCUT2D eigenvalue weighted by molar-refractivity contribution is 0.0572. The zero-order valence-corrected chi connectivity index (χ0v) is 12.1. The zero-order chi connectivity index (χ0) is 14.0. The van der Waals surface area contributed by atoms with E-state index in [4.69, 9.17) is 11.6 Å². The molecule has 1 aromatic rings. The van der Waals surface area contributed by atoms with Gasteiger partial charge in [0.25, 0.3) is 0 Å². The minimum Gasteiger partial charge on any atom is -0.389 e. The Morgan fingerprint density at radius 1 is 1.32 bits per heavy atom. The van der Waals surface area contributed by atoms with E-state index in [0.717, 1.165) is 17.8 Å². The van der Waals surface area contributed by atoms with Gasteiger partial charge in [-0.2, -0.15) is 0 Å². The van der Waals surface area contributed by atoms with E-state index in [2.05, 4.69) is 19.2 Å². The molecule has 5 heteroatoms. The Balaban J connectivity index is 2.20. The third-order valence-electron chi connectivity index (χ3n) is 3.35. The molecule has 1 aliphatic rings. The van der Waals surface area contributed by atoms with Crippen molar-refractivity contribution in [3.05, 3.63) is 28.8 Å². The first-order valence-corrected chi connectivity index (χ1v) is 6.98. The van der Waals surface area contributed by atoms with Crippen molar-refractivity contribution in [2.75, 3.05) is 18.0 Å². The predicted octanol–water partition coefficient (Wildman–Crippen LogP) is 1.38. The van der Waals surface area contributed by atoms with Gasteiger partial charge < -0.3 is 20.4 Å².